The third kappa shape index (κ3) is 3.66. The summed E-state index contributed by atoms with van der Waals surface area (Å²) in [4.78, 5) is 0. The van der Waals surface area contributed by atoms with Crippen molar-refractivity contribution < 1.29 is 5.11 Å². The highest BCUT2D eigenvalue weighted by atomic mass is 32.2. The highest BCUT2D eigenvalue weighted by Gasteiger charge is 2.29. The summed E-state index contributed by atoms with van der Waals surface area (Å²) in [5.41, 5.74) is 1.57. The number of aliphatic hydroxyl groups is 1. The predicted molar refractivity (Wildman–Crippen MR) is 87.1 cm³/mol. The first-order valence-corrected chi connectivity index (χ1v) is 8.69. The van der Waals surface area contributed by atoms with Crippen LogP contribution in [-0.2, 0) is 0 Å². The monoisotopic (exact) mass is 319 g/mol. The lowest BCUT2D eigenvalue weighted by Gasteiger charge is -2.33. The van der Waals surface area contributed by atoms with Crippen molar-refractivity contribution in [3.05, 3.63) is 36.2 Å². The van der Waals surface area contributed by atoms with Crippen LogP contribution >= 0.6 is 11.8 Å². The normalized spacial score (nSPS) is 19.0. The fourth-order valence-electron chi connectivity index (χ4n) is 2.58. The molecule has 1 fully saturated rings. The number of rotatable bonds is 5. The van der Waals surface area contributed by atoms with E-state index < -0.39 is 5.60 Å². The molecule has 1 aromatic carbocycles. The molecule has 3 rings (SSSR count). The van der Waals surface area contributed by atoms with Gasteiger partial charge >= 0.3 is 0 Å². The van der Waals surface area contributed by atoms with Gasteiger partial charge < -0.3 is 10.4 Å². The number of benzene rings is 1. The summed E-state index contributed by atoms with van der Waals surface area (Å²) in [6.45, 7) is 2.76. The second kappa shape index (κ2) is 6.76. The van der Waals surface area contributed by atoms with Gasteiger partial charge in [0.1, 0.15) is 6.33 Å². The van der Waals surface area contributed by atoms with E-state index in [-0.39, 0.29) is 6.04 Å². The summed E-state index contributed by atoms with van der Waals surface area (Å²) in [6.07, 6.45) is 3.32. The number of hydrogen-bond donors (Lipinski definition) is 2. The van der Waals surface area contributed by atoms with E-state index in [0.29, 0.717) is 6.54 Å². The average molecular weight is 319 g/mol. The van der Waals surface area contributed by atoms with Gasteiger partial charge in [-0.05, 0) is 59.4 Å². The van der Waals surface area contributed by atoms with Crippen LogP contribution in [0.4, 0.5) is 0 Å². The molecule has 1 aliphatic heterocycles. The third-order valence-corrected chi connectivity index (χ3v) is 5.15. The molecule has 1 aromatic heterocycles. The van der Waals surface area contributed by atoms with Gasteiger partial charge in [0.2, 0.25) is 0 Å². The Morgan fingerprint density at radius 2 is 2.05 bits per heavy atom. The second-order valence-corrected chi connectivity index (χ2v) is 7.01. The van der Waals surface area contributed by atoms with Crippen LogP contribution in [-0.4, -0.2) is 49.0 Å². The van der Waals surface area contributed by atoms with E-state index in [0.717, 1.165) is 30.0 Å². The lowest BCUT2D eigenvalue weighted by atomic mass is 9.96. The van der Waals surface area contributed by atoms with Crippen LogP contribution in [0.25, 0.3) is 5.69 Å². The Labute approximate surface area is 134 Å². The minimum Gasteiger partial charge on any atom is -0.389 e. The van der Waals surface area contributed by atoms with Crippen molar-refractivity contribution in [2.45, 2.75) is 31.4 Å². The Kier molecular flexibility index (Phi) is 4.75. The molecule has 0 radical (unpaired) electrons. The maximum atomic E-state index is 10.5. The Morgan fingerprint density at radius 3 is 2.68 bits per heavy atom. The Hall–Kier alpha value is -1.44. The fraction of sp³-hybridized carbons (Fsp3) is 0.533. The molecule has 0 aliphatic carbocycles. The summed E-state index contributed by atoms with van der Waals surface area (Å²) in [7, 11) is 0. The Morgan fingerprint density at radius 1 is 1.32 bits per heavy atom. The first kappa shape index (κ1) is 15.5. The van der Waals surface area contributed by atoms with Crippen molar-refractivity contribution in [2.75, 3.05) is 18.1 Å². The van der Waals surface area contributed by atoms with Gasteiger partial charge in [-0.2, -0.15) is 11.8 Å². The van der Waals surface area contributed by atoms with Crippen LogP contribution in [0, 0.1) is 0 Å². The fourth-order valence-corrected chi connectivity index (χ4v) is 3.84. The molecule has 2 N–H and O–H groups in total. The molecule has 6 nitrogen and oxygen atoms in total. The molecule has 22 heavy (non-hydrogen) atoms. The van der Waals surface area contributed by atoms with E-state index >= 15 is 0 Å². The van der Waals surface area contributed by atoms with Crippen LogP contribution in [0.15, 0.2) is 30.6 Å². The molecule has 1 saturated heterocycles. The summed E-state index contributed by atoms with van der Waals surface area (Å²) in [6, 6.07) is 8.32. The van der Waals surface area contributed by atoms with Crippen LogP contribution < -0.4 is 5.32 Å². The van der Waals surface area contributed by atoms with Crippen molar-refractivity contribution in [1.82, 2.24) is 25.5 Å². The molecule has 0 saturated carbocycles. The zero-order chi connectivity index (χ0) is 15.4. The van der Waals surface area contributed by atoms with Gasteiger partial charge in [-0.3, -0.25) is 0 Å². The van der Waals surface area contributed by atoms with E-state index in [9.17, 15) is 5.11 Å². The van der Waals surface area contributed by atoms with Gasteiger partial charge in [-0.1, -0.05) is 12.1 Å². The van der Waals surface area contributed by atoms with E-state index in [1.54, 1.807) is 11.0 Å². The van der Waals surface area contributed by atoms with Crippen molar-refractivity contribution in [3.63, 3.8) is 0 Å². The maximum absolute atomic E-state index is 10.5. The highest BCUT2D eigenvalue weighted by Crippen LogP contribution is 2.27. The predicted octanol–water partition coefficient (Wildman–Crippen LogP) is 1.57. The molecule has 1 unspecified atom stereocenters. The lowest BCUT2D eigenvalue weighted by Crippen LogP contribution is -2.44. The molecule has 118 valence electrons. The highest BCUT2D eigenvalue weighted by molar-refractivity contribution is 7.99. The molecule has 7 heteroatoms. The molecular weight excluding hydrogens is 298 g/mol. The molecule has 0 amide bonds. The number of nitrogens with zero attached hydrogens (tertiary/aromatic N) is 4. The third-order valence-electron chi connectivity index (χ3n) is 4.17. The molecular formula is C15H21N5OS. The van der Waals surface area contributed by atoms with Gasteiger partial charge in [0.15, 0.2) is 0 Å². The van der Waals surface area contributed by atoms with Crippen LogP contribution in [0.5, 0.6) is 0 Å². The summed E-state index contributed by atoms with van der Waals surface area (Å²) < 4.78 is 1.63. The zero-order valence-electron chi connectivity index (χ0n) is 12.6. The minimum absolute atomic E-state index is 0.196. The number of tetrazole rings is 1. The molecule has 0 spiro atoms. The molecule has 0 bridgehead atoms. The average Bonchev–Trinajstić information content (AvgIpc) is 3.08. The molecule has 1 aliphatic rings. The largest absolute Gasteiger partial charge is 0.389 e. The Bertz CT molecular complexity index is 580. The maximum Gasteiger partial charge on any atom is 0.143 e. The minimum atomic E-state index is -0.550. The topological polar surface area (TPSA) is 75.9 Å². The van der Waals surface area contributed by atoms with Crippen molar-refractivity contribution in [2.24, 2.45) is 0 Å². The summed E-state index contributed by atoms with van der Waals surface area (Å²) in [5.74, 6) is 2.10. The second-order valence-electron chi connectivity index (χ2n) is 5.79. The van der Waals surface area contributed by atoms with Crippen molar-refractivity contribution in [3.8, 4) is 5.69 Å². The van der Waals surface area contributed by atoms with E-state index in [1.807, 2.05) is 23.9 Å². The molecule has 2 aromatic rings. The first-order valence-electron chi connectivity index (χ1n) is 7.53. The van der Waals surface area contributed by atoms with Gasteiger partial charge in [-0.15, -0.1) is 5.10 Å². The Balaban J connectivity index is 1.59. The van der Waals surface area contributed by atoms with Gasteiger partial charge in [0.05, 0.1) is 11.3 Å². The number of aromatic nitrogens is 4. The number of nitrogens with one attached hydrogen (secondary N) is 1. The van der Waals surface area contributed by atoms with Crippen LogP contribution in [0.3, 0.4) is 0 Å². The molecule has 1 atom stereocenters. The van der Waals surface area contributed by atoms with Gasteiger partial charge in [0.25, 0.3) is 0 Å². The van der Waals surface area contributed by atoms with E-state index in [1.165, 1.54) is 5.56 Å². The van der Waals surface area contributed by atoms with Gasteiger partial charge in [-0.25, -0.2) is 4.68 Å². The molecule has 2 heterocycles. The summed E-state index contributed by atoms with van der Waals surface area (Å²) in [5, 5.41) is 25.1. The van der Waals surface area contributed by atoms with E-state index in [2.05, 4.69) is 39.9 Å². The number of hydrogen-bond acceptors (Lipinski definition) is 6. The van der Waals surface area contributed by atoms with Crippen molar-refractivity contribution in [1.29, 1.82) is 0 Å². The van der Waals surface area contributed by atoms with Crippen molar-refractivity contribution >= 4 is 11.8 Å². The van der Waals surface area contributed by atoms with Crippen LogP contribution in [0.1, 0.15) is 31.4 Å². The zero-order valence-corrected chi connectivity index (χ0v) is 13.5. The van der Waals surface area contributed by atoms with E-state index in [4.69, 9.17) is 0 Å². The quantitative estimate of drug-likeness (QED) is 0.871. The first-order chi connectivity index (χ1) is 10.7. The standard InChI is InChI=1S/C15H21N5OS/c1-12(16-10-15(21)6-8-22-9-7-15)13-2-4-14(5-3-13)20-11-17-18-19-20/h2-5,11-12,16,21H,6-10H2,1H3. The SMILES string of the molecule is CC(NCC1(O)CCSCC1)c1ccc(-n2cnnn2)cc1. The van der Waals surface area contributed by atoms with Gasteiger partial charge in [0, 0.05) is 12.6 Å². The smallest absolute Gasteiger partial charge is 0.143 e. The van der Waals surface area contributed by atoms with Crippen LogP contribution in [0.2, 0.25) is 0 Å². The summed E-state index contributed by atoms with van der Waals surface area (Å²) >= 11 is 1.92. The lowest BCUT2D eigenvalue weighted by molar-refractivity contribution is 0.0300. The number of thioether (sulfide) groups is 1.